The van der Waals surface area contributed by atoms with E-state index < -0.39 is 11.8 Å². The van der Waals surface area contributed by atoms with Crippen LogP contribution in [-0.4, -0.2) is 69.1 Å². The number of unbranched alkanes of at least 4 members (excludes halogenated alkanes) is 16. The molecule has 0 saturated heterocycles. The molecule has 21 aromatic carbocycles. The third kappa shape index (κ3) is 12.2. The molecule has 8 amide bonds. The van der Waals surface area contributed by atoms with E-state index in [1.165, 1.54) is 46.6 Å². The van der Waals surface area contributed by atoms with Gasteiger partial charge in [0.1, 0.15) is 0 Å². The van der Waals surface area contributed by atoms with Crippen LogP contribution in [0, 0.1) is 0 Å². The van der Waals surface area contributed by atoms with Gasteiger partial charge in [0, 0.05) is 90.0 Å². The summed E-state index contributed by atoms with van der Waals surface area (Å²) in [6.45, 7) is 8.90. The Bertz CT molecular complexity index is 8730. The first-order valence-corrected chi connectivity index (χ1v) is 52.5. The number of imide groups is 4. The second kappa shape index (κ2) is 33.3. The molecule has 28 rings (SSSR count). The average Bonchev–Trinajstić information content (AvgIpc) is 0.683. The number of hydrogen-bond acceptors (Lipinski definition) is 8. The van der Waals surface area contributed by atoms with Crippen LogP contribution in [0.3, 0.4) is 0 Å². The molecule has 142 heavy (non-hydrogen) atoms. The fraction of sp³-hybridized carbons (Fsp3) is 0.246. The Balaban J connectivity index is 0.478. The van der Waals surface area contributed by atoms with Crippen molar-refractivity contribution in [3.63, 3.8) is 0 Å². The molecule has 2 bridgehead atoms. The molecule has 0 spiro atoms. The number of hydrogen-bond donors (Lipinski definition) is 0. The Morgan fingerprint density at radius 3 is 0.761 bits per heavy atom. The van der Waals surface area contributed by atoms with E-state index in [1.807, 2.05) is 84.9 Å². The lowest BCUT2D eigenvalue weighted by molar-refractivity contribution is 0.0501. The second-order valence-corrected chi connectivity index (χ2v) is 41.6. The summed E-state index contributed by atoms with van der Waals surface area (Å²) in [5.41, 5.74) is 15.8. The Hall–Kier alpha value is -15.1. The summed E-state index contributed by atoms with van der Waals surface area (Å²) in [6, 6.07) is 87.1. The highest BCUT2D eigenvalue weighted by atomic mass is 16.2. The van der Waals surface area contributed by atoms with Gasteiger partial charge < -0.3 is 0 Å². The summed E-state index contributed by atoms with van der Waals surface area (Å²) in [4.78, 5) is 129. The minimum atomic E-state index is -0.392. The molecule has 12 heteroatoms. The Kier molecular flexibility index (Phi) is 20.1. The minimum Gasteiger partial charge on any atom is -0.271 e. The summed E-state index contributed by atoms with van der Waals surface area (Å²) < 4.78 is 0. The number of fused-ring (bicyclic) bond motifs is 8. The van der Waals surface area contributed by atoms with Gasteiger partial charge in [0.2, 0.25) is 0 Å². The van der Waals surface area contributed by atoms with Gasteiger partial charge in [0.05, 0.1) is 11.4 Å². The summed E-state index contributed by atoms with van der Waals surface area (Å²) in [6.07, 6.45) is 25.6. The Morgan fingerprint density at radius 2 is 0.444 bits per heavy atom. The monoisotopic (exact) mass is 1850 g/mol. The van der Waals surface area contributed by atoms with Crippen LogP contribution in [0.15, 0.2) is 255 Å². The quantitative estimate of drug-likeness (QED) is 0.0187. The number of benzene rings is 21. The molecule has 7 aliphatic rings. The first-order chi connectivity index (χ1) is 69.8. The van der Waals surface area contributed by atoms with Gasteiger partial charge in [0.15, 0.2) is 0 Å². The van der Waals surface area contributed by atoms with Crippen molar-refractivity contribution in [2.45, 2.75) is 206 Å². The third-order valence-corrected chi connectivity index (χ3v) is 34.1. The number of rotatable bonds is 30. The van der Waals surface area contributed by atoms with E-state index in [0.717, 1.165) is 313 Å². The molecule has 2 unspecified atom stereocenters. The standard InChI is InChI=1S/C130H106N4O8/c1-5-9-13-17-21-29-74(30-22-18-14-10-6-2)131-123(135)98-63-55-88-80-47-49-84-92-59-67-102-119-103(68-60-93(115(92)119)85-50-48-81(109(80)110(84)85)89-56-64-99(124(131)136)117(98)113(88)89)128(140)133(127(102)139)76-45-43-72(44-46-76)71-39-41-73(42-40-71)77-35-27-36-96-107-78-33-25-26-34-79(78)122(108(77)96)121-97(107)37-28-38-106(121)134-129(141)104-69-61-94-86-53-51-82-90-57-65-100-118-101(126(138)132(125(100)137)75(31-23-19-15-11-7-3)32-24-20-16-12-8-4)66-58-91(114(90)118)83-52-54-87(112(86)111(82)83)95-62-70-105(130(134)142)120(104)116(94)95/h25-28,33-70,74-75,107,122H,5-24,29-32H2,1-4H3. The molecule has 0 fully saturated rings. The maximum atomic E-state index is 16.1. The van der Waals surface area contributed by atoms with Crippen molar-refractivity contribution in [3.8, 4) is 22.3 Å². The largest absolute Gasteiger partial charge is 0.271 e. The lowest BCUT2D eigenvalue weighted by Gasteiger charge is -2.45. The van der Waals surface area contributed by atoms with Crippen molar-refractivity contribution in [1.82, 2.24) is 9.80 Å². The van der Waals surface area contributed by atoms with Gasteiger partial charge in [-0.15, -0.1) is 0 Å². The topological polar surface area (TPSA) is 150 Å². The van der Waals surface area contributed by atoms with Gasteiger partial charge in [-0.3, -0.25) is 48.2 Å². The van der Waals surface area contributed by atoms with Crippen molar-refractivity contribution >= 4 is 209 Å². The van der Waals surface area contributed by atoms with Crippen LogP contribution in [0.1, 0.15) is 310 Å². The van der Waals surface area contributed by atoms with Crippen LogP contribution in [0.5, 0.6) is 0 Å². The molecule has 0 N–H and O–H groups in total. The van der Waals surface area contributed by atoms with Crippen LogP contribution in [0.25, 0.3) is 173 Å². The fourth-order valence-corrected chi connectivity index (χ4v) is 27.6. The molecule has 3 aliphatic carbocycles. The number of carbonyl (C=O) groups excluding carboxylic acids is 8. The molecule has 12 nitrogen and oxygen atoms in total. The van der Waals surface area contributed by atoms with Gasteiger partial charge in [0.25, 0.3) is 47.3 Å². The van der Waals surface area contributed by atoms with Gasteiger partial charge in [-0.25, -0.2) is 9.80 Å². The van der Waals surface area contributed by atoms with Crippen molar-refractivity contribution in [1.29, 1.82) is 0 Å². The predicted molar refractivity (Wildman–Crippen MR) is 579 cm³/mol. The number of nitrogens with zero attached hydrogens (tertiary/aromatic N) is 4. The van der Waals surface area contributed by atoms with E-state index in [9.17, 15) is 0 Å². The van der Waals surface area contributed by atoms with E-state index in [0.29, 0.717) is 66.7 Å². The SMILES string of the molecule is CCCCCCCC(CCCCCCC)N1C(=O)c2ccc3c4ccc5c6ccc7c8c(ccc(c9ccc(c%10ccc(c2c3%10)C1=O)c4c59)c86)C(=O)N(c1ccc(-c2ccc(-c3cccc4c3C3c5ccccc5C4c4cccc(N5C(=O)c6ccc8c9ccc%10c%11ccc%12c%13c(ccc(c%14ccc(c%15ccc(c6c8%15)C5=O)c9c%10%14)c%13%11)C(=O)N(C(CCCCCCC)CCCCCCC)C%12=O)c43)cc2)cc1)C7=O. The maximum Gasteiger partial charge on any atom is 0.265 e. The highest BCUT2D eigenvalue weighted by Crippen LogP contribution is 2.62. The predicted octanol–water partition coefficient (Wildman–Crippen LogP) is 32.9. The van der Waals surface area contributed by atoms with Gasteiger partial charge in [-0.1, -0.05) is 344 Å². The maximum absolute atomic E-state index is 16.1. The summed E-state index contributed by atoms with van der Waals surface area (Å²) in [5.74, 6) is -2.82. The van der Waals surface area contributed by atoms with Gasteiger partial charge in [-0.05, 0) is 277 Å². The second-order valence-electron chi connectivity index (χ2n) is 41.6. The van der Waals surface area contributed by atoms with Crippen molar-refractivity contribution < 1.29 is 38.4 Å². The van der Waals surface area contributed by atoms with E-state index >= 15 is 38.4 Å². The Morgan fingerprint density at radius 1 is 0.197 bits per heavy atom. The van der Waals surface area contributed by atoms with E-state index in [1.54, 1.807) is 9.80 Å². The zero-order valence-corrected chi connectivity index (χ0v) is 80.6. The summed E-state index contributed by atoms with van der Waals surface area (Å²) >= 11 is 0. The Labute approximate surface area is 822 Å². The molecule has 694 valence electrons. The highest BCUT2D eigenvalue weighted by Gasteiger charge is 2.49. The molecule has 21 aromatic rings. The summed E-state index contributed by atoms with van der Waals surface area (Å²) in [5, 5.41) is 26.8. The lowest BCUT2D eigenvalue weighted by atomic mass is 9.59. The fourth-order valence-electron chi connectivity index (χ4n) is 27.6. The first kappa shape index (κ1) is 86.0. The molecular weight excluding hydrogens is 1750 g/mol. The number of amides is 8. The number of carbonyl (C=O) groups is 8. The summed E-state index contributed by atoms with van der Waals surface area (Å²) in [7, 11) is 0. The van der Waals surface area contributed by atoms with Crippen LogP contribution >= 0.6 is 0 Å². The van der Waals surface area contributed by atoms with E-state index in [-0.39, 0.29) is 59.4 Å². The number of anilines is 2. The van der Waals surface area contributed by atoms with Crippen LogP contribution in [0.4, 0.5) is 11.4 Å². The molecule has 2 atom stereocenters. The van der Waals surface area contributed by atoms with Crippen LogP contribution in [0.2, 0.25) is 0 Å². The van der Waals surface area contributed by atoms with Gasteiger partial charge in [-0.2, -0.15) is 0 Å². The average molecular weight is 1850 g/mol. The van der Waals surface area contributed by atoms with Crippen LogP contribution in [-0.2, 0) is 0 Å². The van der Waals surface area contributed by atoms with Crippen molar-refractivity contribution in [3.05, 3.63) is 333 Å². The smallest absolute Gasteiger partial charge is 0.265 e. The molecule has 0 aromatic heterocycles. The van der Waals surface area contributed by atoms with Crippen LogP contribution < -0.4 is 9.80 Å². The molecule has 4 heterocycles. The zero-order valence-electron chi connectivity index (χ0n) is 80.6. The van der Waals surface area contributed by atoms with Crippen molar-refractivity contribution in [2.24, 2.45) is 0 Å². The normalized spacial score (nSPS) is 15.6. The van der Waals surface area contributed by atoms with Gasteiger partial charge >= 0.3 is 0 Å². The molecular formula is C130H106N4O8. The molecule has 4 aliphatic heterocycles. The van der Waals surface area contributed by atoms with E-state index in [4.69, 9.17) is 0 Å². The molecule has 0 radical (unpaired) electrons. The highest BCUT2D eigenvalue weighted by molar-refractivity contribution is 6.50. The first-order valence-electron chi connectivity index (χ1n) is 52.5. The van der Waals surface area contributed by atoms with E-state index in [2.05, 4.69) is 198 Å². The third-order valence-electron chi connectivity index (χ3n) is 34.1. The minimum absolute atomic E-state index is 0.153. The molecule has 0 saturated carbocycles. The lowest BCUT2D eigenvalue weighted by Crippen LogP contribution is -2.47. The van der Waals surface area contributed by atoms with Crippen molar-refractivity contribution in [2.75, 3.05) is 9.80 Å². The zero-order chi connectivity index (χ0) is 95.6.